The van der Waals surface area contributed by atoms with E-state index in [0.29, 0.717) is 10.8 Å². The fourth-order valence-corrected chi connectivity index (χ4v) is 5.67. The van der Waals surface area contributed by atoms with Crippen molar-refractivity contribution in [2.24, 2.45) is 0 Å². The number of thiazole rings is 1. The SMILES string of the molecule is CC(=O)Nc1nc2c(C)cc(NS(=O)(=O)c3ccc4c(c3)CCCC4)cc2s1. The molecule has 3 aromatic rings. The van der Waals surface area contributed by atoms with Crippen LogP contribution in [0.5, 0.6) is 0 Å². The van der Waals surface area contributed by atoms with Crippen LogP contribution in [0, 0.1) is 6.92 Å². The number of fused-ring (bicyclic) bond motifs is 2. The van der Waals surface area contributed by atoms with Gasteiger partial charge < -0.3 is 5.32 Å². The molecule has 0 spiro atoms. The Labute approximate surface area is 168 Å². The number of hydrogen-bond donors (Lipinski definition) is 2. The number of benzene rings is 2. The lowest BCUT2D eigenvalue weighted by atomic mass is 9.92. The predicted octanol–water partition coefficient (Wildman–Crippen LogP) is 4.24. The van der Waals surface area contributed by atoms with Crippen LogP contribution in [0.2, 0.25) is 0 Å². The van der Waals surface area contributed by atoms with Gasteiger partial charge >= 0.3 is 0 Å². The number of nitrogens with zero attached hydrogens (tertiary/aromatic N) is 1. The number of carbonyl (C=O) groups excluding carboxylic acids is 1. The van der Waals surface area contributed by atoms with E-state index >= 15 is 0 Å². The van der Waals surface area contributed by atoms with Crippen LogP contribution < -0.4 is 10.0 Å². The van der Waals surface area contributed by atoms with Crippen molar-refractivity contribution in [1.82, 2.24) is 4.98 Å². The smallest absolute Gasteiger partial charge is 0.261 e. The summed E-state index contributed by atoms with van der Waals surface area (Å²) in [4.78, 5) is 15.9. The van der Waals surface area contributed by atoms with Crippen molar-refractivity contribution in [3.63, 3.8) is 0 Å². The molecule has 2 N–H and O–H groups in total. The molecule has 0 fully saturated rings. The van der Waals surface area contributed by atoms with Gasteiger partial charge in [-0.2, -0.15) is 0 Å². The van der Waals surface area contributed by atoms with Gasteiger partial charge in [-0.05, 0) is 73.6 Å². The van der Waals surface area contributed by atoms with Gasteiger partial charge in [0.25, 0.3) is 10.0 Å². The van der Waals surface area contributed by atoms with Crippen LogP contribution in [0.15, 0.2) is 35.2 Å². The van der Waals surface area contributed by atoms with Gasteiger partial charge in [0.1, 0.15) is 0 Å². The molecule has 0 radical (unpaired) electrons. The molecule has 0 bridgehead atoms. The number of hydrogen-bond acceptors (Lipinski definition) is 5. The van der Waals surface area contributed by atoms with Crippen molar-refractivity contribution < 1.29 is 13.2 Å². The molecule has 1 heterocycles. The molecule has 0 saturated heterocycles. The average molecular weight is 416 g/mol. The molecular formula is C20H21N3O3S2. The van der Waals surface area contributed by atoms with Crippen molar-refractivity contribution in [2.45, 2.75) is 44.4 Å². The number of carbonyl (C=O) groups is 1. The van der Waals surface area contributed by atoms with Crippen molar-refractivity contribution in [1.29, 1.82) is 0 Å². The molecule has 1 aliphatic rings. The van der Waals surface area contributed by atoms with E-state index in [1.54, 1.807) is 24.3 Å². The van der Waals surface area contributed by atoms with E-state index in [0.717, 1.165) is 47.0 Å². The molecule has 0 atom stereocenters. The van der Waals surface area contributed by atoms with E-state index in [-0.39, 0.29) is 10.8 Å². The third kappa shape index (κ3) is 3.74. The summed E-state index contributed by atoms with van der Waals surface area (Å²) >= 11 is 1.32. The zero-order valence-electron chi connectivity index (χ0n) is 15.7. The highest BCUT2D eigenvalue weighted by Crippen LogP contribution is 2.32. The van der Waals surface area contributed by atoms with Gasteiger partial charge in [0, 0.05) is 6.92 Å². The third-order valence-corrected chi connectivity index (χ3v) is 7.15. The van der Waals surface area contributed by atoms with Gasteiger partial charge in [0.15, 0.2) is 5.13 Å². The van der Waals surface area contributed by atoms with Gasteiger partial charge in [-0.15, -0.1) is 0 Å². The van der Waals surface area contributed by atoms with Gasteiger partial charge in [0.2, 0.25) is 5.91 Å². The Hall–Kier alpha value is -2.45. The first-order chi connectivity index (χ1) is 13.3. The van der Waals surface area contributed by atoms with Crippen LogP contribution in [0.4, 0.5) is 10.8 Å². The highest BCUT2D eigenvalue weighted by Gasteiger charge is 2.19. The quantitative estimate of drug-likeness (QED) is 0.667. The first kappa shape index (κ1) is 18.9. The topological polar surface area (TPSA) is 88.2 Å². The normalized spacial score (nSPS) is 13.9. The Morgan fingerprint density at radius 3 is 2.61 bits per heavy atom. The summed E-state index contributed by atoms with van der Waals surface area (Å²) in [5.41, 5.74) is 4.46. The molecule has 28 heavy (non-hydrogen) atoms. The molecule has 8 heteroatoms. The summed E-state index contributed by atoms with van der Waals surface area (Å²) in [5.74, 6) is -0.190. The van der Waals surface area contributed by atoms with Gasteiger partial charge in [-0.25, -0.2) is 13.4 Å². The molecular weight excluding hydrogens is 394 g/mol. The Kier molecular flexibility index (Phi) is 4.84. The van der Waals surface area contributed by atoms with Gasteiger partial charge in [-0.1, -0.05) is 17.4 Å². The highest BCUT2D eigenvalue weighted by atomic mass is 32.2. The van der Waals surface area contributed by atoms with Crippen LogP contribution >= 0.6 is 11.3 Å². The Bertz CT molecular complexity index is 1180. The monoisotopic (exact) mass is 415 g/mol. The molecule has 1 aromatic heterocycles. The fourth-order valence-electron chi connectivity index (χ4n) is 3.55. The highest BCUT2D eigenvalue weighted by molar-refractivity contribution is 7.92. The van der Waals surface area contributed by atoms with Crippen molar-refractivity contribution in [3.05, 3.63) is 47.0 Å². The maximum Gasteiger partial charge on any atom is 0.261 e. The number of anilines is 2. The molecule has 0 aliphatic heterocycles. The van der Waals surface area contributed by atoms with E-state index in [2.05, 4.69) is 15.0 Å². The number of aryl methyl sites for hydroxylation is 3. The molecule has 6 nitrogen and oxygen atoms in total. The lowest BCUT2D eigenvalue weighted by Gasteiger charge is -2.17. The van der Waals surface area contributed by atoms with Crippen molar-refractivity contribution in [2.75, 3.05) is 10.0 Å². The number of sulfonamides is 1. The molecule has 2 aromatic carbocycles. The maximum absolute atomic E-state index is 12.9. The summed E-state index contributed by atoms with van der Waals surface area (Å²) in [7, 11) is -3.68. The minimum Gasteiger partial charge on any atom is -0.302 e. The zero-order chi connectivity index (χ0) is 19.9. The van der Waals surface area contributed by atoms with E-state index in [4.69, 9.17) is 0 Å². The van der Waals surface area contributed by atoms with Crippen molar-refractivity contribution in [3.8, 4) is 0 Å². The number of aromatic nitrogens is 1. The number of nitrogens with one attached hydrogen (secondary N) is 2. The Morgan fingerprint density at radius 2 is 1.86 bits per heavy atom. The number of rotatable bonds is 4. The lowest BCUT2D eigenvalue weighted by molar-refractivity contribution is -0.114. The minimum absolute atomic E-state index is 0.190. The summed E-state index contributed by atoms with van der Waals surface area (Å²) in [5, 5.41) is 3.17. The molecule has 146 valence electrons. The molecule has 0 saturated carbocycles. The second-order valence-corrected chi connectivity index (χ2v) is 9.80. The van der Waals surface area contributed by atoms with Gasteiger partial charge in [-0.3, -0.25) is 9.52 Å². The first-order valence-corrected chi connectivity index (χ1v) is 11.5. The van der Waals surface area contributed by atoms with Crippen LogP contribution in [0.3, 0.4) is 0 Å². The summed E-state index contributed by atoms with van der Waals surface area (Å²) in [6, 6.07) is 8.92. The third-order valence-electron chi connectivity index (χ3n) is 4.85. The molecule has 4 rings (SSSR count). The van der Waals surface area contributed by atoms with E-state index in [1.165, 1.54) is 23.8 Å². The van der Waals surface area contributed by atoms with E-state index in [1.807, 2.05) is 13.0 Å². The summed E-state index contributed by atoms with van der Waals surface area (Å²) < 4.78 is 29.3. The van der Waals surface area contributed by atoms with Crippen molar-refractivity contribution >= 4 is 48.3 Å². The van der Waals surface area contributed by atoms with Crippen LogP contribution in [0.1, 0.15) is 36.5 Å². The number of amides is 1. The second kappa shape index (κ2) is 7.18. The van der Waals surface area contributed by atoms with Crippen LogP contribution in [-0.2, 0) is 27.7 Å². The van der Waals surface area contributed by atoms with Gasteiger partial charge in [0.05, 0.1) is 20.8 Å². The van der Waals surface area contributed by atoms with Crippen LogP contribution in [-0.4, -0.2) is 19.3 Å². The largest absolute Gasteiger partial charge is 0.302 e. The standard InChI is InChI=1S/C20H21N3O3S2/c1-12-9-16(11-18-19(12)22-20(27-18)21-13(2)24)23-28(25,26)17-8-7-14-5-3-4-6-15(14)10-17/h7-11,23H,3-6H2,1-2H3,(H,21,22,24). The minimum atomic E-state index is -3.68. The first-order valence-electron chi connectivity index (χ1n) is 9.15. The zero-order valence-corrected chi connectivity index (χ0v) is 17.3. The Morgan fingerprint density at radius 1 is 1.11 bits per heavy atom. The van der Waals surface area contributed by atoms with Crippen LogP contribution in [0.25, 0.3) is 10.2 Å². The Balaban J connectivity index is 1.65. The maximum atomic E-state index is 12.9. The lowest BCUT2D eigenvalue weighted by Crippen LogP contribution is -2.14. The second-order valence-electron chi connectivity index (χ2n) is 7.08. The molecule has 1 amide bonds. The average Bonchev–Trinajstić information content (AvgIpc) is 3.03. The predicted molar refractivity (Wildman–Crippen MR) is 113 cm³/mol. The van der Waals surface area contributed by atoms with E-state index in [9.17, 15) is 13.2 Å². The van der Waals surface area contributed by atoms with E-state index < -0.39 is 10.0 Å². The summed E-state index contributed by atoms with van der Waals surface area (Å²) in [6.45, 7) is 3.30. The molecule has 0 unspecified atom stereocenters. The fraction of sp³-hybridized carbons (Fsp3) is 0.300. The molecule has 1 aliphatic carbocycles. The summed E-state index contributed by atoms with van der Waals surface area (Å²) in [6.07, 6.45) is 4.20.